The average molecular weight is 275 g/mol. The Balaban J connectivity index is 2.16. The summed E-state index contributed by atoms with van der Waals surface area (Å²) in [6.45, 7) is 2.11. The summed E-state index contributed by atoms with van der Waals surface area (Å²) in [5, 5.41) is -0.107. The molecular formula is C16H15ClO2. The third kappa shape index (κ3) is 2.06. The molecule has 1 heterocycles. The standard InChI is InChI=1S/C16H15ClO2/c1-10-13-9-11(18-2)7-8-15(13)19-14-6-4-3-5-12(14)16(10)17/h3-10,16H,1-2H3. The molecule has 0 bridgehead atoms. The van der Waals surface area contributed by atoms with Gasteiger partial charge in [-0.3, -0.25) is 0 Å². The van der Waals surface area contributed by atoms with E-state index in [1.807, 2.05) is 42.5 Å². The van der Waals surface area contributed by atoms with Crippen LogP contribution in [0.25, 0.3) is 0 Å². The number of methoxy groups -OCH3 is 1. The summed E-state index contributed by atoms with van der Waals surface area (Å²) in [5.41, 5.74) is 2.11. The number of hydrogen-bond donors (Lipinski definition) is 0. The van der Waals surface area contributed by atoms with Crippen LogP contribution in [0.1, 0.15) is 29.3 Å². The maximum Gasteiger partial charge on any atom is 0.132 e. The van der Waals surface area contributed by atoms with E-state index >= 15 is 0 Å². The van der Waals surface area contributed by atoms with Crippen molar-refractivity contribution in [2.75, 3.05) is 7.11 Å². The quantitative estimate of drug-likeness (QED) is 0.690. The largest absolute Gasteiger partial charge is 0.497 e. The monoisotopic (exact) mass is 274 g/mol. The summed E-state index contributed by atoms with van der Waals surface area (Å²) in [4.78, 5) is 0. The van der Waals surface area contributed by atoms with E-state index in [1.54, 1.807) is 7.11 Å². The molecule has 0 fully saturated rings. The van der Waals surface area contributed by atoms with Gasteiger partial charge in [0.1, 0.15) is 17.2 Å². The molecule has 0 saturated heterocycles. The topological polar surface area (TPSA) is 18.5 Å². The van der Waals surface area contributed by atoms with Crippen molar-refractivity contribution >= 4 is 11.6 Å². The van der Waals surface area contributed by atoms with Gasteiger partial charge in [-0.2, -0.15) is 0 Å². The third-order valence-corrected chi connectivity index (χ3v) is 4.20. The molecule has 98 valence electrons. The van der Waals surface area contributed by atoms with Crippen molar-refractivity contribution in [2.24, 2.45) is 0 Å². The molecule has 2 aromatic carbocycles. The first-order valence-corrected chi connectivity index (χ1v) is 6.73. The van der Waals surface area contributed by atoms with E-state index in [1.165, 1.54) is 0 Å². The van der Waals surface area contributed by atoms with Gasteiger partial charge >= 0.3 is 0 Å². The van der Waals surface area contributed by atoms with Crippen molar-refractivity contribution in [3.05, 3.63) is 53.6 Å². The van der Waals surface area contributed by atoms with Crippen molar-refractivity contribution in [2.45, 2.75) is 18.2 Å². The Bertz CT molecular complexity index is 609. The lowest BCUT2D eigenvalue weighted by Crippen LogP contribution is -2.01. The summed E-state index contributed by atoms with van der Waals surface area (Å²) in [5.74, 6) is 2.67. The number of fused-ring (bicyclic) bond motifs is 2. The van der Waals surface area contributed by atoms with Crippen molar-refractivity contribution in [3.8, 4) is 17.2 Å². The van der Waals surface area contributed by atoms with E-state index in [-0.39, 0.29) is 11.3 Å². The predicted molar refractivity (Wildman–Crippen MR) is 76.5 cm³/mol. The van der Waals surface area contributed by atoms with Crippen LogP contribution in [0.15, 0.2) is 42.5 Å². The van der Waals surface area contributed by atoms with Gasteiger partial charge in [-0.15, -0.1) is 11.6 Å². The van der Waals surface area contributed by atoms with Gasteiger partial charge in [0.25, 0.3) is 0 Å². The Morgan fingerprint density at radius 2 is 1.79 bits per heavy atom. The van der Waals surface area contributed by atoms with Crippen molar-refractivity contribution in [1.82, 2.24) is 0 Å². The molecule has 0 aromatic heterocycles. The second kappa shape index (κ2) is 4.78. The fourth-order valence-electron chi connectivity index (χ4n) is 2.45. The molecule has 0 spiro atoms. The summed E-state index contributed by atoms with van der Waals surface area (Å²) < 4.78 is 11.3. The van der Waals surface area contributed by atoms with Gasteiger partial charge in [0.2, 0.25) is 0 Å². The summed E-state index contributed by atoms with van der Waals surface area (Å²) in [6.07, 6.45) is 0. The van der Waals surface area contributed by atoms with Gasteiger partial charge in [0.15, 0.2) is 0 Å². The smallest absolute Gasteiger partial charge is 0.132 e. The number of ether oxygens (including phenoxy) is 2. The van der Waals surface area contributed by atoms with Crippen molar-refractivity contribution in [1.29, 1.82) is 0 Å². The van der Waals surface area contributed by atoms with E-state index in [9.17, 15) is 0 Å². The molecule has 1 aliphatic heterocycles. The highest BCUT2D eigenvalue weighted by molar-refractivity contribution is 6.21. The van der Waals surface area contributed by atoms with Crippen LogP contribution in [-0.2, 0) is 0 Å². The van der Waals surface area contributed by atoms with E-state index in [0.29, 0.717) is 0 Å². The highest BCUT2D eigenvalue weighted by atomic mass is 35.5. The van der Waals surface area contributed by atoms with Gasteiger partial charge in [0.05, 0.1) is 12.5 Å². The predicted octanol–water partition coefficient (Wildman–Crippen LogP) is 4.88. The minimum atomic E-state index is -0.107. The van der Waals surface area contributed by atoms with Crippen LogP contribution < -0.4 is 9.47 Å². The van der Waals surface area contributed by atoms with E-state index in [0.717, 1.165) is 28.4 Å². The Hall–Kier alpha value is -1.67. The first kappa shape index (κ1) is 12.4. The molecule has 0 aliphatic carbocycles. The van der Waals surface area contributed by atoms with Crippen LogP contribution in [0.4, 0.5) is 0 Å². The number of alkyl halides is 1. The second-order valence-electron chi connectivity index (χ2n) is 4.73. The zero-order valence-electron chi connectivity index (χ0n) is 10.9. The summed E-state index contributed by atoms with van der Waals surface area (Å²) >= 11 is 6.60. The molecule has 2 nitrogen and oxygen atoms in total. The number of hydrogen-bond acceptors (Lipinski definition) is 2. The van der Waals surface area contributed by atoms with Crippen molar-refractivity contribution in [3.63, 3.8) is 0 Å². The maximum atomic E-state index is 6.60. The van der Waals surface area contributed by atoms with Crippen LogP contribution in [0.3, 0.4) is 0 Å². The Morgan fingerprint density at radius 3 is 2.58 bits per heavy atom. The number of rotatable bonds is 1. The van der Waals surface area contributed by atoms with Crippen LogP contribution in [-0.4, -0.2) is 7.11 Å². The second-order valence-corrected chi connectivity index (χ2v) is 5.20. The van der Waals surface area contributed by atoms with Gasteiger partial charge in [0, 0.05) is 17.0 Å². The number of halogens is 1. The number of benzene rings is 2. The molecule has 2 atom stereocenters. The van der Waals surface area contributed by atoms with Crippen LogP contribution in [0.5, 0.6) is 17.2 Å². The lowest BCUT2D eigenvalue weighted by atomic mass is 9.93. The molecule has 2 aromatic rings. The molecule has 3 heteroatoms. The maximum absolute atomic E-state index is 6.60. The van der Waals surface area contributed by atoms with Gasteiger partial charge in [-0.25, -0.2) is 0 Å². The normalized spacial score (nSPS) is 20.8. The lowest BCUT2D eigenvalue weighted by Gasteiger charge is -2.17. The lowest BCUT2D eigenvalue weighted by molar-refractivity contribution is 0.411. The zero-order chi connectivity index (χ0) is 13.4. The number of para-hydroxylation sites is 1. The molecule has 2 unspecified atom stereocenters. The Labute approximate surface area is 117 Å². The molecule has 0 saturated carbocycles. The Morgan fingerprint density at radius 1 is 1.05 bits per heavy atom. The van der Waals surface area contributed by atoms with Gasteiger partial charge in [-0.1, -0.05) is 25.1 Å². The molecule has 19 heavy (non-hydrogen) atoms. The first-order valence-electron chi connectivity index (χ1n) is 6.29. The first-order chi connectivity index (χ1) is 9.20. The third-order valence-electron chi connectivity index (χ3n) is 3.58. The fourth-order valence-corrected chi connectivity index (χ4v) is 2.77. The van der Waals surface area contributed by atoms with E-state index in [4.69, 9.17) is 21.1 Å². The van der Waals surface area contributed by atoms with Gasteiger partial charge in [-0.05, 0) is 24.3 Å². The fraction of sp³-hybridized carbons (Fsp3) is 0.250. The van der Waals surface area contributed by atoms with Crippen molar-refractivity contribution < 1.29 is 9.47 Å². The molecule has 0 amide bonds. The van der Waals surface area contributed by atoms with Crippen LogP contribution >= 0.6 is 11.6 Å². The summed E-state index contributed by atoms with van der Waals surface area (Å²) in [6, 6.07) is 13.8. The highest BCUT2D eigenvalue weighted by Gasteiger charge is 2.28. The molecular weight excluding hydrogens is 260 g/mol. The minimum Gasteiger partial charge on any atom is -0.497 e. The van der Waals surface area contributed by atoms with E-state index < -0.39 is 0 Å². The average Bonchev–Trinajstić information content (AvgIpc) is 2.56. The molecule has 0 radical (unpaired) electrons. The minimum absolute atomic E-state index is 0.107. The molecule has 0 N–H and O–H groups in total. The van der Waals surface area contributed by atoms with E-state index in [2.05, 4.69) is 6.92 Å². The summed E-state index contributed by atoms with van der Waals surface area (Å²) in [7, 11) is 1.66. The van der Waals surface area contributed by atoms with Gasteiger partial charge < -0.3 is 9.47 Å². The SMILES string of the molecule is COc1ccc2c(c1)C(C)C(Cl)c1ccccc1O2. The van der Waals surface area contributed by atoms with Crippen LogP contribution in [0.2, 0.25) is 0 Å². The molecule has 1 aliphatic rings. The molecule has 3 rings (SSSR count). The highest BCUT2D eigenvalue weighted by Crippen LogP contribution is 2.48. The zero-order valence-corrected chi connectivity index (χ0v) is 11.6. The van der Waals surface area contributed by atoms with Crippen LogP contribution in [0, 0.1) is 0 Å². The Kier molecular flexibility index (Phi) is 3.11.